The molecular formula is C14H17N3O2S. The Morgan fingerprint density at radius 1 is 1.25 bits per heavy atom. The first-order valence-corrected chi connectivity index (χ1v) is 7.41. The summed E-state index contributed by atoms with van der Waals surface area (Å²) in [6, 6.07) is 8.39. The molecule has 0 radical (unpaired) electrons. The van der Waals surface area contributed by atoms with Crippen molar-refractivity contribution in [3.8, 4) is 0 Å². The van der Waals surface area contributed by atoms with Gasteiger partial charge in [-0.05, 0) is 24.5 Å². The number of carbonyl (C=O) groups is 1. The number of aliphatic carboxylic acids is 1. The minimum absolute atomic E-state index is 0.00704. The average molecular weight is 291 g/mol. The normalized spacial score (nSPS) is 10.7. The maximum Gasteiger partial charge on any atom is 0.313 e. The summed E-state index contributed by atoms with van der Waals surface area (Å²) in [4.78, 5) is 10.6. The summed E-state index contributed by atoms with van der Waals surface area (Å²) in [5.74, 6) is -0.0700. The number of carboxylic acids is 1. The number of aromatic nitrogens is 3. The highest BCUT2D eigenvalue weighted by Crippen LogP contribution is 2.18. The predicted molar refractivity (Wildman–Crippen MR) is 78.0 cm³/mol. The number of hydrogen-bond donors (Lipinski definition) is 1. The number of hydrogen-bond acceptors (Lipinski definition) is 4. The van der Waals surface area contributed by atoms with Gasteiger partial charge < -0.3 is 9.67 Å². The quantitative estimate of drug-likeness (QED) is 0.828. The molecule has 0 amide bonds. The van der Waals surface area contributed by atoms with Crippen molar-refractivity contribution in [1.29, 1.82) is 0 Å². The van der Waals surface area contributed by atoms with Crippen LogP contribution in [-0.4, -0.2) is 31.6 Å². The standard InChI is InChI=1S/C14H17N3O2S/c1-3-11-4-6-12(7-5-11)8-17-10(2)15-16-14(17)20-9-13(18)19/h4-7H,3,8-9H2,1-2H3,(H,18,19). The molecule has 6 heteroatoms. The zero-order valence-corrected chi connectivity index (χ0v) is 12.4. The Kier molecular flexibility index (Phi) is 4.79. The molecule has 0 saturated carbocycles. The highest BCUT2D eigenvalue weighted by Gasteiger charge is 2.11. The highest BCUT2D eigenvalue weighted by molar-refractivity contribution is 7.99. The molecule has 1 aromatic heterocycles. The number of carboxylic acid groups (broad SMARTS) is 1. The molecule has 106 valence electrons. The SMILES string of the molecule is CCc1ccc(Cn2c(C)nnc2SCC(=O)O)cc1. The van der Waals surface area contributed by atoms with Crippen LogP contribution in [0.15, 0.2) is 29.4 Å². The number of rotatable bonds is 6. The highest BCUT2D eigenvalue weighted by atomic mass is 32.2. The maximum absolute atomic E-state index is 10.6. The molecular weight excluding hydrogens is 274 g/mol. The van der Waals surface area contributed by atoms with Crippen LogP contribution in [0, 0.1) is 6.92 Å². The minimum Gasteiger partial charge on any atom is -0.481 e. The van der Waals surface area contributed by atoms with Gasteiger partial charge in [-0.1, -0.05) is 43.0 Å². The third-order valence-electron chi connectivity index (χ3n) is 3.00. The fourth-order valence-corrected chi connectivity index (χ4v) is 2.54. The molecule has 1 aromatic carbocycles. The zero-order chi connectivity index (χ0) is 14.5. The van der Waals surface area contributed by atoms with Crippen molar-refractivity contribution in [2.45, 2.75) is 32.0 Å². The van der Waals surface area contributed by atoms with Gasteiger partial charge in [0.1, 0.15) is 5.82 Å². The van der Waals surface area contributed by atoms with Gasteiger partial charge in [0.15, 0.2) is 5.16 Å². The van der Waals surface area contributed by atoms with E-state index in [9.17, 15) is 4.79 Å². The number of benzene rings is 1. The Labute approximate surface area is 122 Å². The second-order valence-electron chi connectivity index (χ2n) is 4.47. The van der Waals surface area contributed by atoms with Crippen LogP contribution in [0.25, 0.3) is 0 Å². The molecule has 0 aliphatic carbocycles. The van der Waals surface area contributed by atoms with Crippen molar-refractivity contribution in [3.63, 3.8) is 0 Å². The van der Waals surface area contributed by atoms with Crippen molar-refractivity contribution in [1.82, 2.24) is 14.8 Å². The second kappa shape index (κ2) is 6.56. The van der Waals surface area contributed by atoms with E-state index < -0.39 is 5.97 Å². The smallest absolute Gasteiger partial charge is 0.313 e. The summed E-state index contributed by atoms with van der Waals surface area (Å²) in [6.07, 6.45) is 1.02. The Morgan fingerprint density at radius 2 is 1.90 bits per heavy atom. The lowest BCUT2D eigenvalue weighted by atomic mass is 10.1. The van der Waals surface area contributed by atoms with Crippen LogP contribution >= 0.6 is 11.8 Å². The van der Waals surface area contributed by atoms with Crippen molar-refractivity contribution in [2.75, 3.05) is 5.75 Å². The summed E-state index contributed by atoms with van der Waals surface area (Å²) >= 11 is 1.19. The van der Waals surface area contributed by atoms with Crippen LogP contribution < -0.4 is 0 Å². The molecule has 1 N–H and O–H groups in total. The Balaban J connectivity index is 2.14. The molecule has 0 spiro atoms. The van der Waals surface area contributed by atoms with Crippen LogP contribution in [0.2, 0.25) is 0 Å². The van der Waals surface area contributed by atoms with E-state index in [2.05, 4.69) is 41.4 Å². The van der Waals surface area contributed by atoms with Crippen molar-refractivity contribution in [2.24, 2.45) is 0 Å². The first-order valence-electron chi connectivity index (χ1n) is 6.42. The van der Waals surface area contributed by atoms with E-state index in [0.717, 1.165) is 17.8 Å². The van der Waals surface area contributed by atoms with Gasteiger partial charge in [0.2, 0.25) is 0 Å². The van der Waals surface area contributed by atoms with Gasteiger partial charge in [0, 0.05) is 0 Å². The summed E-state index contributed by atoms with van der Waals surface area (Å²) in [5, 5.41) is 17.4. The van der Waals surface area contributed by atoms with Gasteiger partial charge >= 0.3 is 5.97 Å². The van der Waals surface area contributed by atoms with Crippen LogP contribution in [-0.2, 0) is 17.8 Å². The lowest BCUT2D eigenvalue weighted by Crippen LogP contribution is -2.06. The summed E-state index contributed by atoms with van der Waals surface area (Å²) in [5.41, 5.74) is 2.46. The Hall–Kier alpha value is -1.82. The molecule has 0 bridgehead atoms. The fourth-order valence-electron chi connectivity index (χ4n) is 1.84. The first-order chi connectivity index (χ1) is 9.60. The molecule has 0 aliphatic rings. The molecule has 5 nitrogen and oxygen atoms in total. The number of aryl methyl sites for hydroxylation is 2. The third kappa shape index (κ3) is 3.60. The van der Waals surface area contributed by atoms with Crippen LogP contribution in [0.5, 0.6) is 0 Å². The molecule has 2 rings (SSSR count). The van der Waals surface area contributed by atoms with Gasteiger partial charge in [-0.25, -0.2) is 0 Å². The van der Waals surface area contributed by atoms with Gasteiger partial charge in [-0.15, -0.1) is 10.2 Å². The molecule has 0 aliphatic heterocycles. The van der Waals surface area contributed by atoms with E-state index in [1.165, 1.54) is 17.3 Å². The van der Waals surface area contributed by atoms with Crippen LogP contribution in [0.3, 0.4) is 0 Å². The molecule has 0 unspecified atom stereocenters. The van der Waals surface area contributed by atoms with E-state index in [-0.39, 0.29) is 5.75 Å². The Morgan fingerprint density at radius 3 is 2.50 bits per heavy atom. The molecule has 1 heterocycles. The summed E-state index contributed by atoms with van der Waals surface area (Å²) in [6.45, 7) is 4.66. The zero-order valence-electron chi connectivity index (χ0n) is 11.5. The molecule has 20 heavy (non-hydrogen) atoms. The van der Waals surface area contributed by atoms with Crippen LogP contribution in [0.4, 0.5) is 0 Å². The topological polar surface area (TPSA) is 68.0 Å². The molecule has 0 atom stereocenters. The number of nitrogens with zero attached hydrogens (tertiary/aromatic N) is 3. The molecule has 2 aromatic rings. The monoisotopic (exact) mass is 291 g/mol. The lowest BCUT2D eigenvalue weighted by Gasteiger charge is -2.08. The largest absolute Gasteiger partial charge is 0.481 e. The minimum atomic E-state index is -0.852. The van der Waals surface area contributed by atoms with Crippen LogP contribution in [0.1, 0.15) is 23.9 Å². The number of thioether (sulfide) groups is 1. The van der Waals surface area contributed by atoms with Gasteiger partial charge in [0.05, 0.1) is 12.3 Å². The maximum atomic E-state index is 10.6. The lowest BCUT2D eigenvalue weighted by molar-refractivity contribution is -0.133. The van der Waals surface area contributed by atoms with E-state index in [1.807, 2.05) is 11.5 Å². The van der Waals surface area contributed by atoms with Gasteiger partial charge in [-0.3, -0.25) is 4.79 Å². The predicted octanol–water partition coefficient (Wildman–Crippen LogP) is 2.37. The Bertz CT molecular complexity index is 593. The van der Waals surface area contributed by atoms with E-state index in [1.54, 1.807) is 0 Å². The summed E-state index contributed by atoms with van der Waals surface area (Å²) in [7, 11) is 0. The van der Waals surface area contributed by atoms with Crippen molar-refractivity contribution in [3.05, 3.63) is 41.2 Å². The van der Waals surface area contributed by atoms with Crippen molar-refractivity contribution < 1.29 is 9.90 Å². The molecule has 0 fully saturated rings. The molecule has 0 saturated heterocycles. The fraction of sp³-hybridized carbons (Fsp3) is 0.357. The van der Waals surface area contributed by atoms with Gasteiger partial charge in [-0.2, -0.15) is 0 Å². The van der Waals surface area contributed by atoms with Crippen molar-refractivity contribution >= 4 is 17.7 Å². The second-order valence-corrected chi connectivity index (χ2v) is 5.41. The summed E-state index contributed by atoms with van der Waals surface area (Å²) < 4.78 is 1.94. The van der Waals surface area contributed by atoms with E-state index in [4.69, 9.17) is 5.11 Å². The average Bonchev–Trinajstić information content (AvgIpc) is 2.78. The van der Waals surface area contributed by atoms with E-state index in [0.29, 0.717) is 11.7 Å². The van der Waals surface area contributed by atoms with E-state index >= 15 is 0 Å². The van der Waals surface area contributed by atoms with Gasteiger partial charge in [0.25, 0.3) is 0 Å². The third-order valence-corrected chi connectivity index (χ3v) is 3.95. The first kappa shape index (κ1) is 14.6.